The van der Waals surface area contributed by atoms with E-state index in [0.29, 0.717) is 23.4 Å². The second-order valence-electron chi connectivity index (χ2n) is 4.99. The van der Waals surface area contributed by atoms with E-state index in [0.717, 1.165) is 25.0 Å². The Morgan fingerprint density at radius 3 is 2.50 bits per heavy atom. The predicted molar refractivity (Wildman–Crippen MR) is 73.2 cm³/mol. The third-order valence-corrected chi connectivity index (χ3v) is 4.67. The van der Waals surface area contributed by atoms with Gasteiger partial charge in [-0.25, -0.2) is 8.42 Å². The molecule has 0 bridgehead atoms. The number of nitrogens with one attached hydrogen (secondary N) is 1. The van der Waals surface area contributed by atoms with Crippen molar-refractivity contribution in [3.05, 3.63) is 36.0 Å². The lowest BCUT2D eigenvalue weighted by molar-refractivity contribution is 0.234. The van der Waals surface area contributed by atoms with Crippen molar-refractivity contribution < 1.29 is 21.6 Å². The van der Waals surface area contributed by atoms with Crippen LogP contribution in [0.1, 0.15) is 30.5 Å². The molecular formula is C13H13F2N3O3S. The first-order valence-electron chi connectivity index (χ1n) is 6.65. The largest absolute Gasteiger partial charge is 0.423 e. The highest BCUT2D eigenvalue weighted by Crippen LogP contribution is 2.39. The fourth-order valence-corrected chi connectivity index (χ4v) is 2.60. The molecule has 0 amide bonds. The van der Waals surface area contributed by atoms with Crippen molar-refractivity contribution in [1.82, 2.24) is 10.2 Å². The highest BCUT2D eigenvalue weighted by Gasteiger charge is 2.29. The fraction of sp³-hybridized carbons (Fsp3) is 0.385. The minimum Gasteiger partial charge on any atom is -0.423 e. The Morgan fingerprint density at radius 2 is 1.91 bits per heavy atom. The molecule has 1 heterocycles. The van der Waals surface area contributed by atoms with Crippen LogP contribution in [0.2, 0.25) is 0 Å². The van der Waals surface area contributed by atoms with E-state index in [1.807, 2.05) is 0 Å². The SMILES string of the molecule is O=S(=O)(c1ccc(NCc2nnc(C3CC3)o2)cc1)C(F)F. The summed E-state index contributed by atoms with van der Waals surface area (Å²) in [6.45, 7) is 0.278. The van der Waals surface area contributed by atoms with E-state index in [1.54, 1.807) is 0 Å². The Hall–Kier alpha value is -2.03. The zero-order chi connectivity index (χ0) is 15.7. The van der Waals surface area contributed by atoms with Crippen molar-refractivity contribution in [2.45, 2.75) is 36.0 Å². The monoisotopic (exact) mass is 329 g/mol. The molecule has 1 N–H and O–H groups in total. The highest BCUT2D eigenvalue weighted by atomic mass is 32.2. The average Bonchev–Trinajstić information content (AvgIpc) is 3.24. The van der Waals surface area contributed by atoms with E-state index in [2.05, 4.69) is 15.5 Å². The summed E-state index contributed by atoms with van der Waals surface area (Å²) in [6.07, 6.45) is 2.13. The molecule has 9 heteroatoms. The predicted octanol–water partition coefficient (Wildman–Crippen LogP) is 2.56. The first-order chi connectivity index (χ1) is 10.5. The number of rotatable bonds is 6. The Labute approximate surface area is 125 Å². The second kappa shape index (κ2) is 5.64. The van der Waals surface area contributed by atoms with Gasteiger partial charge in [0.15, 0.2) is 0 Å². The van der Waals surface area contributed by atoms with Crippen LogP contribution in [0.5, 0.6) is 0 Å². The van der Waals surface area contributed by atoms with E-state index in [-0.39, 0.29) is 6.54 Å². The maximum atomic E-state index is 12.4. The zero-order valence-corrected chi connectivity index (χ0v) is 12.2. The Bertz CT molecular complexity index is 755. The van der Waals surface area contributed by atoms with Gasteiger partial charge in [0.2, 0.25) is 21.6 Å². The van der Waals surface area contributed by atoms with Crippen LogP contribution in [-0.2, 0) is 16.4 Å². The Kier molecular flexibility index (Phi) is 3.81. The van der Waals surface area contributed by atoms with Crippen LogP contribution < -0.4 is 5.32 Å². The molecule has 22 heavy (non-hydrogen) atoms. The van der Waals surface area contributed by atoms with Crippen molar-refractivity contribution in [3.63, 3.8) is 0 Å². The summed E-state index contributed by atoms with van der Waals surface area (Å²) in [6, 6.07) is 5.08. The molecule has 0 unspecified atom stereocenters. The maximum absolute atomic E-state index is 12.4. The van der Waals surface area contributed by atoms with Crippen LogP contribution in [0.3, 0.4) is 0 Å². The third-order valence-electron chi connectivity index (χ3n) is 3.27. The van der Waals surface area contributed by atoms with E-state index in [1.165, 1.54) is 12.1 Å². The second-order valence-corrected chi connectivity index (χ2v) is 6.91. The molecule has 1 fully saturated rings. The van der Waals surface area contributed by atoms with Crippen LogP contribution in [0, 0.1) is 0 Å². The number of hydrogen-bond donors (Lipinski definition) is 1. The Balaban J connectivity index is 1.63. The lowest BCUT2D eigenvalue weighted by Crippen LogP contribution is -2.11. The number of benzene rings is 1. The fourth-order valence-electron chi connectivity index (χ4n) is 1.88. The van der Waals surface area contributed by atoms with Gasteiger partial charge in [-0.2, -0.15) is 8.78 Å². The van der Waals surface area contributed by atoms with Crippen molar-refractivity contribution in [2.24, 2.45) is 0 Å². The number of hydrogen-bond acceptors (Lipinski definition) is 6. The first-order valence-corrected chi connectivity index (χ1v) is 8.20. The summed E-state index contributed by atoms with van der Waals surface area (Å²) in [7, 11) is -4.56. The van der Waals surface area contributed by atoms with Crippen LogP contribution in [0.25, 0.3) is 0 Å². The van der Waals surface area contributed by atoms with Gasteiger partial charge in [0.25, 0.3) is 0 Å². The number of halogens is 2. The van der Waals surface area contributed by atoms with Crippen molar-refractivity contribution in [1.29, 1.82) is 0 Å². The van der Waals surface area contributed by atoms with Gasteiger partial charge >= 0.3 is 5.76 Å². The summed E-state index contributed by atoms with van der Waals surface area (Å²) in [4.78, 5) is -0.415. The van der Waals surface area contributed by atoms with Crippen molar-refractivity contribution >= 4 is 15.5 Å². The van der Waals surface area contributed by atoms with Gasteiger partial charge in [-0.3, -0.25) is 0 Å². The quantitative estimate of drug-likeness (QED) is 0.876. The van der Waals surface area contributed by atoms with Gasteiger partial charge in [0, 0.05) is 11.6 Å². The number of anilines is 1. The van der Waals surface area contributed by atoms with Gasteiger partial charge < -0.3 is 9.73 Å². The van der Waals surface area contributed by atoms with Crippen molar-refractivity contribution in [3.8, 4) is 0 Å². The molecule has 1 aromatic heterocycles. The van der Waals surface area contributed by atoms with Crippen LogP contribution >= 0.6 is 0 Å². The van der Waals surface area contributed by atoms with Gasteiger partial charge in [-0.05, 0) is 37.1 Å². The topological polar surface area (TPSA) is 85.1 Å². The maximum Gasteiger partial charge on any atom is 0.341 e. The molecule has 1 aliphatic carbocycles. The number of nitrogens with zero attached hydrogens (tertiary/aromatic N) is 2. The molecule has 0 aliphatic heterocycles. The molecule has 3 rings (SSSR count). The van der Waals surface area contributed by atoms with Crippen LogP contribution in [0.15, 0.2) is 33.6 Å². The molecular weight excluding hydrogens is 316 g/mol. The lowest BCUT2D eigenvalue weighted by Gasteiger charge is -2.06. The normalized spacial score (nSPS) is 15.2. The van der Waals surface area contributed by atoms with Gasteiger partial charge in [0.1, 0.15) is 0 Å². The molecule has 118 valence electrons. The van der Waals surface area contributed by atoms with Gasteiger partial charge in [-0.15, -0.1) is 10.2 Å². The van der Waals surface area contributed by atoms with Gasteiger partial charge in [0.05, 0.1) is 11.4 Å². The summed E-state index contributed by atoms with van der Waals surface area (Å²) in [5.74, 6) is -1.99. The van der Waals surface area contributed by atoms with E-state index in [4.69, 9.17) is 4.42 Å². The first kappa shape index (κ1) is 14.9. The smallest absolute Gasteiger partial charge is 0.341 e. The molecule has 1 saturated carbocycles. The van der Waals surface area contributed by atoms with E-state index >= 15 is 0 Å². The number of alkyl halides is 2. The lowest BCUT2D eigenvalue weighted by atomic mass is 10.3. The molecule has 2 aromatic rings. The van der Waals surface area contributed by atoms with E-state index < -0.39 is 20.5 Å². The summed E-state index contributed by atoms with van der Waals surface area (Å²) < 4.78 is 52.9. The number of aromatic nitrogens is 2. The van der Waals surface area contributed by atoms with Crippen LogP contribution in [0.4, 0.5) is 14.5 Å². The third kappa shape index (κ3) is 3.08. The van der Waals surface area contributed by atoms with E-state index in [9.17, 15) is 17.2 Å². The zero-order valence-electron chi connectivity index (χ0n) is 11.4. The molecule has 1 aromatic carbocycles. The molecule has 0 atom stereocenters. The summed E-state index contributed by atoms with van der Waals surface area (Å²) in [5.41, 5.74) is 0.569. The highest BCUT2D eigenvalue weighted by molar-refractivity contribution is 7.91. The van der Waals surface area contributed by atoms with Gasteiger partial charge in [-0.1, -0.05) is 0 Å². The number of sulfone groups is 1. The average molecular weight is 329 g/mol. The van der Waals surface area contributed by atoms with Crippen molar-refractivity contribution in [2.75, 3.05) is 5.32 Å². The standard InChI is InChI=1S/C13H13F2N3O3S/c14-13(15)22(19,20)10-5-3-9(4-6-10)16-7-11-17-18-12(21-11)8-1-2-8/h3-6,8,13,16H,1-2,7H2. The Morgan fingerprint density at radius 1 is 1.23 bits per heavy atom. The summed E-state index contributed by atoms with van der Waals surface area (Å²) >= 11 is 0. The summed E-state index contributed by atoms with van der Waals surface area (Å²) in [5, 5.41) is 10.8. The molecule has 0 radical (unpaired) electrons. The molecule has 0 saturated heterocycles. The van der Waals surface area contributed by atoms with Crippen LogP contribution in [-0.4, -0.2) is 24.4 Å². The molecule has 6 nitrogen and oxygen atoms in total. The minimum atomic E-state index is -4.56. The minimum absolute atomic E-state index is 0.278. The molecule has 0 spiro atoms. The molecule has 1 aliphatic rings.